The topological polar surface area (TPSA) is 49.4 Å². The molecule has 0 aliphatic rings. The van der Waals surface area contributed by atoms with Gasteiger partial charge in [-0.1, -0.05) is 54.4 Å². The third-order valence-corrected chi connectivity index (χ3v) is 5.98. The Hall–Kier alpha value is -1.69. The van der Waals surface area contributed by atoms with Crippen LogP contribution < -0.4 is 5.32 Å². The van der Waals surface area contributed by atoms with Gasteiger partial charge < -0.3 is 10.2 Å². The number of nitrogens with zero attached hydrogens (tertiary/aromatic N) is 1. The van der Waals surface area contributed by atoms with Crippen molar-refractivity contribution in [3.8, 4) is 0 Å². The molecule has 0 saturated heterocycles. The van der Waals surface area contributed by atoms with E-state index in [4.69, 9.17) is 23.2 Å². The van der Waals surface area contributed by atoms with Gasteiger partial charge in [0.25, 0.3) is 0 Å². The molecular formula is C23H28Cl2N2O2S. The number of carbonyl (C=O) groups is 2. The van der Waals surface area contributed by atoms with E-state index < -0.39 is 6.04 Å². The number of carbonyl (C=O) groups excluding carboxylic acids is 2. The van der Waals surface area contributed by atoms with Gasteiger partial charge in [-0.15, -0.1) is 11.8 Å². The fourth-order valence-electron chi connectivity index (χ4n) is 3.01. The number of thioether (sulfide) groups is 1. The lowest BCUT2D eigenvalue weighted by Gasteiger charge is -2.31. The molecular weight excluding hydrogens is 439 g/mol. The van der Waals surface area contributed by atoms with Crippen LogP contribution in [0.4, 0.5) is 0 Å². The average molecular weight is 467 g/mol. The minimum absolute atomic E-state index is 0.0123. The summed E-state index contributed by atoms with van der Waals surface area (Å²) >= 11 is 13.4. The molecule has 0 aromatic heterocycles. The first-order chi connectivity index (χ1) is 14.3. The number of rotatable bonds is 10. The maximum atomic E-state index is 13.1. The van der Waals surface area contributed by atoms with Crippen molar-refractivity contribution in [3.05, 3.63) is 69.7 Å². The SMILES string of the molecule is CC[C@H](C(=O)NC(C)C)N(Cc1ccc(Cl)cc1)C(=O)CSCc1ccc(Cl)cc1. The molecule has 2 aromatic rings. The Bertz CT molecular complexity index is 826. The van der Waals surface area contributed by atoms with E-state index in [9.17, 15) is 9.59 Å². The predicted molar refractivity (Wildman–Crippen MR) is 127 cm³/mol. The lowest BCUT2D eigenvalue weighted by Crippen LogP contribution is -2.50. The molecule has 0 aliphatic heterocycles. The van der Waals surface area contributed by atoms with Gasteiger partial charge in [-0.3, -0.25) is 9.59 Å². The van der Waals surface area contributed by atoms with Crippen molar-refractivity contribution in [1.82, 2.24) is 10.2 Å². The molecule has 1 atom stereocenters. The molecule has 0 bridgehead atoms. The Morgan fingerprint density at radius 3 is 2.00 bits per heavy atom. The summed E-state index contributed by atoms with van der Waals surface area (Å²) in [6.45, 7) is 6.12. The van der Waals surface area contributed by atoms with E-state index in [1.54, 1.807) is 17.0 Å². The summed E-state index contributed by atoms with van der Waals surface area (Å²) in [4.78, 5) is 27.6. The van der Waals surface area contributed by atoms with Crippen LogP contribution in [-0.2, 0) is 21.9 Å². The van der Waals surface area contributed by atoms with Gasteiger partial charge >= 0.3 is 0 Å². The number of hydrogen-bond acceptors (Lipinski definition) is 3. The first kappa shape index (κ1) is 24.6. The molecule has 2 amide bonds. The molecule has 0 spiro atoms. The maximum Gasteiger partial charge on any atom is 0.243 e. The first-order valence-electron chi connectivity index (χ1n) is 9.96. The van der Waals surface area contributed by atoms with Gasteiger partial charge in [-0.25, -0.2) is 0 Å². The standard InChI is InChI=1S/C23H28Cl2N2O2S/c1-4-21(23(29)26-16(2)3)27(13-17-5-9-19(24)10-6-17)22(28)15-30-14-18-7-11-20(25)12-8-18/h5-12,16,21H,4,13-15H2,1-3H3,(H,26,29)/t21-/m1/s1. The molecule has 1 N–H and O–H groups in total. The summed E-state index contributed by atoms with van der Waals surface area (Å²) in [7, 11) is 0. The predicted octanol–water partition coefficient (Wildman–Crippen LogP) is 5.56. The second-order valence-corrected chi connectivity index (χ2v) is 9.21. The number of nitrogens with one attached hydrogen (secondary N) is 1. The van der Waals surface area contributed by atoms with E-state index in [-0.39, 0.29) is 17.9 Å². The summed E-state index contributed by atoms with van der Waals surface area (Å²) in [6, 6.07) is 14.4. The Balaban J connectivity index is 2.11. The van der Waals surface area contributed by atoms with E-state index >= 15 is 0 Å². The van der Waals surface area contributed by atoms with Crippen LogP contribution in [0.15, 0.2) is 48.5 Å². The maximum absolute atomic E-state index is 13.1. The van der Waals surface area contributed by atoms with E-state index in [0.29, 0.717) is 34.5 Å². The van der Waals surface area contributed by atoms with Crippen molar-refractivity contribution in [2.75, 3.05) is 5.75 Å². The van der Waals surface area contributed by atoms with Crippen molar-refractivity contribution < 1.29 is 9.59 Å². The van der Waals surface area contributed by atoms with Crippen LogP contribution >= 0.6 is 35.0 Å². The Labute approximate surface area is 193 Å². The summed E-state index contributed by atoms with van der Waals surface area (Å²) in [5, 5.41) is 4.27. The van der Waals surface area contributed by atoms with Crippen LogP contribution in [0.25, 0.3) is 0 Å². The smallest absolute Gasteiger partial charge is 0.243 e. The van der Waals surface area contributed by atoms with Crippen molar-refractivity contribution in [3.63, 3.8) is 0 Å². The van der Waals surface area contributed by atoms with Crippen LogP contribution in [0.3, 0.4) is 0 Å². The molecule has 4 nitrogen and oxygen atoms in total. The van der Waals surface area contributed by atoms with E-state index in [0.717, 1.165) is 11.1 Å². The molecule has 0 radical (unpaired) electrons. The number of halogens is 2. The van der Waals surface area contributed by atoms with Crippen LogP contribution in [0, 0.1) is 0 Å². The third kappa shape index (κ3) is 7.86. The van der Waals surface area contributed by atoms with E-state index in [2.05, 4.69) is 5.32 Å². The highest BCUT2D eigenvalue weighted by Crippen LogP contribution is 2.19. The van der Waals surface area contributed by atoms with Gasteiger partial charge in [-0.05, 0) is 55.7 Å². The van der Waals surface area contributed by atoms with Crippen molar-refractivity contribution in [1.29, 1.82) is 0 Å². The first-order valence-corrected chi connectivity index (χ1v) is 11.9. The van der Waals surface area contributed by atoms with Gasteiger partial charge in [-0.2, -0.15) is 0 Å². The molecule has 0 saturated carbocycles. The molecule has 2 aromatic carbocycles. The zero-order valence-corrected chi connectivity index (χ0v) is 19.9. The van der Waals surface area contributed by atoms with Crippen LogP contribution in [0.5, 0.6) is 0 Å². The summed E-state index contributed by atoms with van der Waals surface area (Å²) in [5.74, 6) is 0.807. The molecule has 0 unspecified atom stereocenters. The summed E-state index contributed by atoms with van der Waals surface area (Å²) < 4.78 is 0. The van der Waals surface area contributed by atoms with Crippen molar-refractivity contribution >= 4 is 46.8 Å². The lowest BCUT2D eigenvalue weighted by molar-refractivity contribution is -0.139. The normalized spacial score (nSPS) is 11.9. The highest BCUT2D eigenvalue weighted by molar-refractivity contribution is 7.99. The zero-order valence-electron chi connectivity index (χ0n) is 17.5. The fourth-order valence-corrected chi connectivity index (χ4v) is 4.13. The Morgan fingerprint density at radius 1 is 0.967 bits per heavy atom. The lowest BCUT2D eigenvalue weighted by atomic mass is 10.1. The summed E-state index contributed by atoms with van der Waals surface area (Å²) in [6.07, 6.45) is 0.541. The molecule has 0 aliphatic carbocycles. The van der Waals surface area contributed by atoms with Gasteiger partial charge in [0.2, 0.25) is 11.8 Å². The number of amides is 2. The Morgan fingerprint density at radius 2 is 1.50 bits per heavy atom. The number of hydrogen-bond donors (Lipinski definition) is 1. The molecule has 0 heterocycles. The minimum Gasteiger partial charge on any atom is -0.352 e. The van der Waals surface area contributed by atoms with Crippen molar-refractivity contribution in [2.24, 2.45) is 0 Å². The van der Waals surface area contributed by atoms with Crippen molar-refractivity contribution in [2.45, 2.75) is 51.6 Å². The average Bonchev–Trinajstić information content (AvgIpc) is 2.70. The monoisotopic (exact) mass is 466 g/mol. The third-order valence-electron chi connectivity index (χ3n) is 4.49. The van der Waals surface area contributed by atoms with E-state index in [1.807, 2.05) is 57.2 Å². The molecule has 7 heteroatoms. The summed E-state index contributed by atoms with van der Waals surface area (Å²) in [5.41, 5.74) is 2.04. The largest absolute Gasteiger partial charge is 0.352 e. The highest BCUT2D eigenvalue weighted by Gasteiger charge is 2.28. The van der Waals surface area contributed by atoms with Gasteiger partial charge in [0.05, 0.1) is 5.75 Å². The fraction of sp³-hybridized carbons (Fsp3) is 0.391. The molecule has 162 valence electrons. The van der Waals surface area contributed by atoms with Gasteiger partial charge in [0, 0.05) is 28.4 Å². The minimum atomic E-state index is -0.522. The highest BCUT2D eigenvalue weighted by atomic mass is 35.5. The quantitative estimate of drug-likeness (QED) is 0.498. The molecule has 2 rings (SSSR count). The second kappa shape index (κ2) is 12.2. The number of benzene rings is 2. The van der Waals surface area contributed by atoms with Crippen LogP contribution in [0.2, 0.25) is 10.0 Å². The van der Waals surface area contributed by atoms with Gasteiger partial charge in [0.1, 0.15) is 6.04 Å². The second-order valence-electron chi connectivity index (χ2n) is 7.35. The van der Waals surface area contributed by atoms with Crippen LogP contribution in [0.1, 0.15) is 38.3 Å². The Kier molecular flexibility index (Phi) is 10.0. The molecule has 30 heavy (non-hydrogen) atoms. The zero-order chi connectivity index (χ0) is 22.1. The van der Waals surface area contributed by atoms with Crippen LogP contribution in [-0.4, -0.2) is 34.6 Å². The van der Waals surface area contributed by atoms with E-state index in [1.165, 1.54) is 11.8 Å². The molecule has 0 fully saturated rings. The van der Waals surface area contributed by atoms with Gasteiger partial charge in [0.15, 0.2) is 0 Å².